The quantitative estimate of drug-likeness (QED) is 0.906. The van der Waals surface area contributed by atoms with Crippen LogP contribution in [0.25, 0.3) is 0 Å². The second-order valence-corrected chi connectivity index (χ2v) is 6.40. The van der Waals surface area contributed by atoms with Gasteiger partial charge in [0.05, 0.1) is 5.56 Å². The zero-order chi connectivity index (χ0) is 15.3. The number of carbonyl (C=O) groups excluding carboxylic acids is 1. The SMILES string of the molecule is Cc1ccc(C)c([C@@H]2Nc3ccccc3C(=O)N2C2CC2)c1. The lowest BCUT2D eigenvalue weighted by Gasteiger charge is -2.39. The fourth-order valence-electron chi connectivity index (χ4n) is 3.28. The van der Waals surface area contributed by atoms with Crippen molar-refractivity contribution >= 4 is 11.6 Å². The van der Waals surface area contributed by atoms with Crippen LogP contribution in [0.2, 0.25) is 0 Å². The van der Waals surface area contributed by atoms with Gasteiger partial charge in [0.15, 0.2) is 0 Å². The Morgan fingerprint density at radius 2 is 1.86 bits per heavy atom. The Kier molecular flexibility index (Phi) is 2.96. The third kappa shape index (κ3) is 2.08. The van der Waals surface area contributed by atoms with Gasteiger partial charge in [0.1, 0.15) is 6.17 Å². The van der Waals surface area contributed by atoms with Crippen LogP contribution in [0.3, 0.4) is 0 Å². The first-order chi connectivity index (χ1) is 10.6. The van der Waals surface area contributed by atoms with E-state index in [1.165, 1.54) is 16.7 Å². The predicted molar refractivity (Wildman–Crippen MR) is 87.9 cm³/mol. The molecule has 1 aliphatic carbocycles. The molecule has 0 spiro atoms. The molecule has 3 heteroatoms. The Morgan fingerprint density at radius 1 is 1.09 bits per heavy atom. The van der Waals surface area contributed by atoms with Crippen LogP contribution in [0.15, 0.2) is 42.5 Å². The molecule has 0 aromatic heterocycles. The zero-order valence-corrected chi connectivity index (χ0v) is 13.0. The van der Waals surface area contributed by atoms with Gasteiger partial charge in [0, 0.05) is 11.7 Å². The fourth-order valence-corrected chi connectivity index (χ4v) is 3.28. The van der Waals surface area contributed by atoms with Crippen LogP contribution in [0, 0.1) is 13.8 Å². The van der Waals surface area contributed by atoms with Crippen molar-refractivity contribution in [3.8, 4) is 0 Å². The van der Waals surface area contributed by atoms with Crippen LogP contribution in [-0.2, 0) is 0 Å². The molecule has 2 aromatic carbocycles. The third-order valence-electron chi connectivity index (χ3n) is 4.63. The fraction of sp³-hybridized carbons (Fsp3) is 0.316. The normalized spacial score (nSPS) is 20.5. The Hall–Kier alpha value is -2.29. The van der Waals surface area contributed by atoms with Gasteiger partial charge in [-0.25, -0.2) is 0 Å². The van der Waals surface area contributed by atoms with Gasteiger partial charge >= 0.3 is 0 Å². The molecular formula is C19H20N2O. The van der Waals surface area contributed by atoms with E-state index in [2.05, 4.69) is 37.4 Å². The minimum atomic E-state index is -0.0604. The second-order valence-electron chi connectivity index (χ2n) is 6.40. The maximum atomic E-state index is 13.0. The van der Waals surface area contributed by atoms with Crippen molar-refractivity contribution in [1.82, 2.24) is 4.90 Å². The number of nitrogens with zero attached hydrogens (tertiary/aromatic N) is 1. The number of rotatable bonds is 2. The van der Waals surface area contributed by atoms with Gasteiger partial charge in [-0.2, -0.15) is 0 Å². The highest BCUT2D eigenvalue weighted by Gasteiger charge is 2.42. The summed E-state index contributed by atoms with van der Waals surface area (Å²) in [6.07, 6.45) is 2.16. The van der Waals surface area contributed by atoms with Gasteiger partial charge in [0.25, 0.3) is 5.91 Å². The maximum Gasteiger partial charge on any atom is 0.258 e. The number of aryl methyl sites for hydroxylation is 2. The smallest absolute Gasteiger partial charge is 0.258 e. The lowest BCUT2D eigenvalue weighted by Crippen LogP contribution is -2.44. The van der Waals surface area contributed by atoms with E-state index in [1.54, 1.807) is 0 Å². The van der Waals surface area contributed by atoms with E-state index in [9.17, 15) is 4.79 Å². The highest BCUT2D eigenvalue weighted by atomic mass is 16.2. The molecule has 3 nitrogen and oxygen atoms in total. The number of hydrogen-bond acceptors (Lipinski definition) is 2. The summed E-state index contributed by atoms with van der Waals surface area (Å²) in [5, 5.41) is 3.59. The van der Waals surface area contributed by atoms with Crippen molar-refractivity contribution in [2.24, 2.45) is 0 Å². The van der Waals surface area contributed by atoms with Crippen LogP contribution in [0.5, 0.6) is 0 Å². The first kappa shape index (κ1) is 13.4. The highest BCUT2D eigenvalue weighted by Crippen LogP contribution is 2.41. The molecule has 22 heavy (non-hydrogen) atoms. The Morgan fingerprint density at radius 3 is 2.64 bits per heavy atom. The minimum Gasteiger partial charge on any atom is -0.361 e. The van der Waals surface area contributed by atoms with Crippen molar-refractivity contribution in [1.29, 1.82) is 0 Å². The molecule has 2 aliphatic rings. The molecular weight excluding hydrogens is 272 g/mol. The molecule has 1 saturated carbocycles. The van der Waals surface area contributed by atoms with Gasteiger partial charge in [-0.3, -0.25) is 4.79 Å². The van der Waals surface area contributed by atoms with E-state index in [1.807, 2.05) is 29.2 Å². The molecule has 2 aromatic rings. The maximum absolute atomic E-state index is 13.0. The molecule has 112 valence electrons. The largest absolute Gasteiger partial charge is 0.361 e. The van der Waals surface area contributed by atoms with Crippen molar-refractivity contribution in [3.05, 3.63) is 64.7 Å². The third-order valence-corrected chi connectivity index (χ3v) is 4.63. The summed E-state index contributed by atoms with van der Waals surface area (Å²) in [5.74, 6) is 0.155. The van der Waals surface area contributed by atoms with Crippen molar-refractivity contribution < 1.29 is 4.79 Å². The van der Waals surface area contributed by atoms with Gasteiger partial charge in [0.2, 0.25) is 0 Å². The Balaban J connectivity index is 1.84. The Bertz CT molecular complexity index is 749. The summed E-state index contributed by atoms with van der Waals surface area (Å²) in [7, 11) is 0. The summed E-state index contributed by atoms with van der Waals surface area (Å²) in [6, 6.07) is 14.7. The lowest BCUT2D eigenvalue weighted by atomic mass is 9.98. The Labute approximate surface area is 131 Å². The lowest BCUT2D eigenvalue weighted by molar-refractivity contribution is 0.0666. The van der Waals surface area contributed by atoms with E-state index in [0.717, 1.165) is 24.1 Å². The van der Waals surface area contributed by atoms with E-state index in [-0.39, 0.29) is 12.1 Å². The minimum absolute atomic E-state index is 0.0604. The molecule has 1 fully saturated rings. The average molecular weight is 292 g/mol. The van der Waals surface area contributed by atoms with Gasteiger partial charge in [-0.15, -0.1) is 0 Å². The summed E-state index contributed by atoms with van der Waals surface area (Å²) in [5.41, 5.74) is 5.38. The molecule has 1 N–H and O–H groups in total. The number of amides is 1. The number of hydrogen-bond donors (Lipinski definition) is 1. The molecule has 1 aliphatic heterocycles. The second kappa shape index (κ2) is 4.87. The highest BCUT2D eigenvalue weighted by molar-refractivity contribution is 6.02. The number of fused-ring (bicyclic) bond motifs is 1. The molecule has 1 heterocycles. The van der Waals surface area contributed by atoms with Crippen molar-refractivity contribution in [2.45, 2.75) is 38.9 Å². The topological polar surface area (TPSA) is 32.3 Å². The number of para-hydroxylation sites is 1. The van der Waals surface area contributed by atoms with Crippen LogP contribution in [-0.4, -0.2) is 16.8 Å². The average Bonchev–Trinajstić information content (AvgIpc) is 3.34. The number of carbonyl (C=O) groups is 1. The summed E-state index contributed by atoms with van der Waals surface area (Å²) in [6.45, 7) is 4.22. The molecule has 0 saturated heterocycles. The molecule has 1 amide bonds. The molecule has 0 unspecified atom stereocenters. The van der Waals surface area contributed by atoms with Crippen LogP contribution in [0.1, 0.15) is 46.1 Å². The van der Waals surface area contributed by atoms with E-state index in [4.69, 9.17) is 0 Å². The van der Waals surface area contributed by atoms with E-state index < -0.39 is 0 Å². The predicted octanol–water partition coefficient (Wildman–Crippen LogP) is 4.03. The molecule has 1 atom stereocenters. The van der Waals surface area contributed by atoms with E-state index in [0.29, 0.717) is 6.04 Å². The summed E-state index contributed by atoms with van der Waals surface area (Å²) < 4.78 is 0. The molecule has 4 rings (SSSR count). The monoisotopic (exact) mass is 292 g/mol. The molecule has 0 radical (unpaired) electrons. The number of nitrogens with one attached hydrogen (secondary N) is 1. The van der Waals surface area contributed by atoms with Crippen LogP contribution < -0.4 is 5.32 Å². The first-order valence-electron chi connectivity index (χ1n) is 7.90. The van der Waals surface area contributed by atoms with Gasteiger partial charge in [-0.1, -0.05) is 35.9 Å². The molecule has 0 bridgehead atoms. The van der Waals surface area contributed by atoms with Crippen LogP contribution >= 0.6 is 0 Å². The first-order valence-corrected chi connectivity index (χ1v) is 7.90. The van der Waals surface area contributed by atoms with Gasteiger partial charge < -0.3 is 10.2 Å². The van der Waals surface area contributed by atoms with Crippen LogP contribution in [0.4, 0.5) is 5.69 Å². The zero-order valence-electron chi connectivity index (χ0n) is 13.0. The number of anilines is 1. The van der Waals surface area contributed by atoms with Crippen molar-refractivity contribution in [3.63, 3.8) is 0 Å². The van der Waals surface area contributed by atoms with E-state index >= 15 is 0 Å². The number of benzene rings is 2. The summed E-state index contributed by atoms with van der Waals surface area (Å²) >= 11 is 0. The summed E-state index contributed by atoms with van der Waals surface area (Å²) in [4.78, 5) is 15.0. The van der Waals surface area contributed by atoms with Crippen molar-refractivity contribution in [2.75, 3.05) is 5.32 Å². The standard InChI is InChI=1S/C19H20N2O/c1-12-7-8-13(2)16(11-12)18-20-17-6-4-3-5-15(17)19(22)21(18)14-9-10-14/h3-8,11,14,18,20H,9-10H2,1-2H3/t18-/m1/s1. The van der Waals surface area contributed by atoms with Gasteiger partial charge in [-0.05, 0) is 49.9 Å².